The number of hydrogen-bond donors (Lipinski definition) is 1. The summed E-state index contributed by atoms with van der Waals surface area (Å²) in [5.41, 5.74) is 1.48. The van der Waals surface area contributed by atoms with Crippen molar-refractivity contribution in [1.29, 1.82) is 0 Å². The number of amides is 1. The Bertz CT molecular complexity index is 337. The first-order chi connectivity index (χ1) is 7.50. The molecule has 0 aliphatic heterocycles. The van der Waals surface area contributed by atoms with E-state index in [0.29, 0.717) is 12.2 Å². The van der Waals surface area contributed by atoms with E-state index in [1.165, 1.54) is 0 Å². The van der Waals surface area contributed by atoms with E-state index >= 15 is 0 Å². The highest BCUT2D eigenvalue weighted by Gasteiger charge is 2.09. The first kappa shape index (κ1) is 12.7. The van der Waals surface area contributed by atoms with Crippen LogP contribution in [0.1, 0.15) is 22.6 Å². The quantitative estimate of drug-likeness (QED) is 0.737. The second-order valence-electron chi connectivity index (χ2n) is 4.21. The number of carbonyl (C=O) groups is 1. The third-order valence-electron chi connectivity index (χ3n) is 2.41. The normalized spacial score (nSPS) is 10.8. The van der Waals surface area contributed by atoms with E-state index in [1.807, 2.05) is 28.1 Å². The molecule has 0 atom stereocenters. The molecule has 0 aromatic carbocycles. The standard InChI is InChI=1S/C11H20N4O/c1-9-8-10(13-15(9)4)11(16)12-6-5-7-14(2)3/h8H,5-7H2,1-4H3,(H,12,16). The van der Waals surface area contributed by atoms with E-state index in [2.05, 4.69) is 15.3 Å². The number of aromatic nitrogens is 2. The first-order valence-electron chi connectivity index (χ1n) is 5.44. The lowest BCUT2D eigenvalue weighted by Gasteiger charge is -2.09. The molecular weight excluding hydrogens is 204 g/mol. The van der Waals surface area contributed by atoms with Crippen LogP contribution in [0.3, 0.4) is 0 Å². The second kappa shape index (κ2) is 5.65. The number of hydrogen-bond acceptors (Lipinski definition) is 3. The summed E-state index contributed by atoms with van der Waals surface area (Å²) in [6.45, 7) is 3.59. The minimum atomic E-state index is -0.0949. The van der Waals surface area contributed by atoms with Gasteiger partial charge >= 0.3 is 0 Å². The van der Waals surface area contributed by atoms with Gasteiger partial charge < -0.3 is 10.2 Å². The molecule has 1 aromatic heterocycles. The summed E-state index contributed by atoms with van der Waals surface area (Å²) < 4.78 is 1.70. The van der Waals surface area contributed by atoms with E-state index in [0.717, 1.165) is 18.7 Å². The van der Waals surface area contributed by atoms with Gasteiger partial charge in [0.05, 0.1) is 0 Å². The lowest BCUT2D eigenvalue weighted by molar-refractivity contribution is 0.0946. The van der Waals surface area contributed by atoms with Gasteiger partial charge in [-0.15, -0.1) is 0 Å². The molecule has 0 radical (unpaired) electrons. The Hall–Kier alpha value is -1.36. The number of rotatable bonds is 5. The zero-order valence-corrected chi connectivity index (χ0v) is 10.4. The minimum absolute atomic E-state index is 0.0949. The van der Waals surface area contributed by atoms with Crippen molar-refractivity contribution < 1.29 is 4.79 Å². The van der Waals surface area contributed by atoms with Crippen molar-refractivity contribution >= 4 is 5.91 Å². The Balaban J connectivity index is 2.35. The van der Waals surface area contributed by atoms with Crippen molar-refractivity contribution in [3.05, 3.63) is 17.5 Å². The van der Waals surface area contributed by atoms with Gasteiger partial charge in [-0.05, 0) is 40.1 Å². The largest absolute Gasteiger partial charge is 0.351 e. The van der Waals surface area contributed by atoms with Crippen LogP contribution in [-0.4, -0.2) is 47.8 Å². The van der Waals surface area contributed by atoms with E-state index in [1.54, 1.807) is 10.7 Å². The first-order valence-corrected chi connectivity index (χ1v) is 5.44. The fourth-order valence-electron chi connectivity index (χ4n) is 1.36. The molecule has 5 nitrogen and oxygen atoms in total. The zero-order valence-electron chi connectivity index (χ0n) is 10.4. The molecule has 0 spiro atoms. The Morgan fingerprint density at radius 2 is 2.25 bits per heavy atom. The van der Waals surface area contributed by atoms with E-state index < -0.39 is 0 Å². The number of carbonyl (C=O) groups excluding carboxylic acids is 1. The Morgan fingerprint density at radius 3 is 2.75 bits per heavy atom. The van der Waals surface area contributed by atoms with Gasteiger partial charge in [0.1, 0.15) is 5.69 Å². The summed E-state index contributed by atoms with van der Waals surface area (Å²) in [6.07, 6.45) is 0.949. The maximum atomic E-state index is 11.7. The van der Waals surface area contributed by atoms with Crippen molar-refractivity contribution in [2.24, 2.45) is 7.05 Å². The van der Waals surface area contributed by atoms with Crippen molar-refractivity contribution in [2.45, 2.75) is 13.3 Å². The van der Waals surface area contributed by atoms with Crippen LogP contribution in [0.2, 0.25) is 0 Å². The van der Waals surface area contributed by atoms with Crippen molar-refractivity contribution in [1.82, 2.24) is 20.0 Å². The van der Waals surface area contributed by atoms with E-state index in [9.17, 15) is 4.79 Å². The van der Waals surface area contributed by atoms with Crippen LogP contribution in [0.15, 0.2) is 6.07 Å². The van der Waals surface area contributed by atoms with E-state index in [-0.39, 0.29) is 5.91 Å². The van der Waals surface area contributed by atoms with Crippen LogP contribution in [0.5, 0.6) is 0 Å². The third-order valence-corrected chi connectivity index (χ3v) is 2.41. The Morgan fingerprint density at radius 1 is 1.56 bits per heavy atom. The number of nitrogens with zero attached hydrogens (tertiary/aromatic N) is 3. The lowest BCUT2D eigenvalue weighted by atomic mass is 10.3. The molecule has 1 rings (SSSR count). The number of nitrogens with one attached hydrogen (secondary N) is 1. The number of aryl methyl sites for hydroxylation is 2. The van der Waals surface area contributed by atoms with Gasteiger partial charge in [0.2, 0.25) is 0 Å². The summed E-state index contributed by atoms with van der Waals surface area (Å²) in [7, 11) is 5.87. The molecule has 90 valence electrons. The molecule has 16 heavy (non-hydrogen) atoms. The van der Waals surface area contributed by atoms with Crippen molar-refractivity contribution in [3.8, 4) is 0 Å². The van der Waals surface area contributed by atoms with Crippen LogP contribution < -0.4 is 5.32 Å². The SMILES string of the molecule is Cc1cc(C(=O)NCCCN(C)C)nn1C. The predicted octanol–water partition coefficient (Wildman–Crippen LogP) is 0.410. The summed E-state index contributed by atoms with van der Waals surface area (Å²) in [5.74, 6) is -0.0949. The van der Waals surface area contributed by atoms with Crippen molar-refractivity contribution in [3.63, 3.8) is 0 Å². The molecule has 0 saturated heterocycles. The third kappa shape index (κ3) is 3.66. The molecular formula is C11H20N4O. The summed E-state index contributed by atoms with van der Waals surface area (Å²) >= 11 is 0. The highest BCUT2D eigenvalue weighted by Crippen LogP contribution is 2.00. The van der Waals surface area contributed by atoms with Crippen LogP contribution in [0.4, 0.5) is 0 Å². The molecule has 0 aliphatic carbocycles. The van der Waals surface area contributed by atoms with Crippen LogP contribution in [0, 0.1) is 6.92 Å². The topological polar surface area (TPSA) is 50.2 Å². The van der Waals surface area contributed by atoms with Gasteiger partial charge in [0, 0.05) is 19.3 Å². The molecule has 5 heteroatoms. The predicted molar refractivity (Wildman–Crippen MR) is 63.4 cm³/mol. The van der Waals surface area contributed by atoms with Crippen LogP contribution in [-0.2, 0) is 7.05 Å². The molecule has 0 bridgehead atoms. The maximum Gasteiger partial charge on any atom is 0.271 e. The van der Waals surface area contributed by atoms with Gasteiger partial charge in [-0.2, -0.15) is 5.10 Å². The zero-order chi connectivity index (χ0) is 12.1. The van der Waals surface area contributed by atoms with Gasteiger partial charge in [0.15, 0.2) is 0 Å². The second-order valence-corrected chi connectivity index (χ2v) is 4.21. The van der Waals surface area contributed by atoms with Gasteiger partial charge in [-0.1, -0.05) is 0 Å². The summed E-state index contributed by atoms with van der Waals surface area (Å²) in [6, 6.07) is 1.79. The molecule has 1 aromatic rings. The highest BCUT2D eigenvalue weighted by atomic mass is 16.1. The van der Waals surface area contributed by atoms with Crippen LogP contribution in [0.25, 0.3) is 0 Å². The molecule has 1 N–H and O–H groups in total. The molecule has 0 fully saturated rings. The van der Waals surface area contributed by atoms with Crippen molar-refractivity contribution in [2.75, 3.05) is 27.2 Å². The molecule has 0 saturated carbocycles. The smallest absolute Gasteiger partial charge is 0.271 e. The summed E-state index contributed by atoms with van der Waals surface area (Å²) in [5, 5.41) is 6.97. The average Bonchev–Trinajstić information content (AvgIpc) is 2.54. The van der Waals surface area contributed by atoms with Gasteiger partial charge in [0.25, 0.3) is 5.91 Å². The molecule has 0 unspecified atom stereocenters. The molecule has 0 aliphatic rings. The Labute approximate surface area is 96.4 Å². The Kier molecular flexibility index (Phi) is 4.49. The summed E-state index contributed by atoms with van der Waals surface area (Å²) in [4.78, 5) is 13.7. The monoisotopic (exact) mass is 224 g/mol. The van der Waals surface area contributed by atoms with E-state index in [4.69, 9.17) is 0 Å². The van der Waals surface area contributed by atoms with Crippen LogP contribution >= 0.6 is 0 Å². The fourth-order valence-corrected chi connectivity index (χ4v) is 1.36. The highest BCUT2D eigenvalue weighted by molar-refractivity contribution is 5.92. The minimum Gasteiger partial charge on any atom is -0.351 e. The fraction of sp³-hybridized carbons (Fsp3) is 0.636. The lowest BCUT2D eigenvalue weighted by Crippen LogP contribution is -2.27. The van der Waals surface area contributed by atoms with Gasteiger partial charge in [-0.25, -0.2) is 0 Å². The maximum absolute atomic E-state index is 11.7. The molecule has 1 amide bonds. The average molecular weight is 224 g/mol. The van der Waals surface area contributed by atoms with Gasteiger partial charge in [-0.3, -0.25) is 9.48 Å². The molecule has 1 heterocycles.